The molecular formula is C8H16N2. The van der Waals surface area contributed by atoms with Crippen LogP contribution in [0.25, 0.3) is 0 Å². The van der Waals surface area contributed by atoms with Crippen molar-refractivity contribution in [3.05, 3.63) is 0 Å². The van der Waals surface area contributed by atoms with Crippen LogP contribution in [0.4, 0.5) is 0 Å². The van der Waals surface area contributed by atoms with E-state index in [1.807, 2.05) is 0 Å². The number of nitrogens with zero attached hydrogens (tertiary/aromatic N) is 1. The van der Waals surface area contributed by atoms with Crippen molar-refractivity contribution in [3.63, 3.8) is 0 Å². The third-order valence-corrected chi connectivity index (χ3v) is 3.13. The summed E-state index contributed by atoms with van der Waals surface area (Å²) in [5.41, 5.74) is 5.92. The van der Waals surface area contributed by atoms with Crippen LogP contribution in [-0.2, 0) is 0 Å². The average Bonchev–Trinajstić information content (AvgIpc) is 2.04. The van der Waals surface area contributed by atoms with Crippen LogP contribution in [0.1, 0.15) is 13.3 Å². The first-order chi connectivity index (χ1) is 4.81. The lowest BCUT2D eigenvalue weighted by molar-refractivity contribution is 0.00579. The zero-order valence-electron chi connectivity index (χ0n) is 6.59. The second kappa shape index (κ2) is 2.21. The van der Waals surface area contributed by atoms with Crippen molar-refractivity contribution in [3.8, 4) is 0 Å². The summed E-state index contributed by atoms with van der Waals surface area (Å²) in [5.74, 6) is 1.66. The molecule has 2 nitrogen and oxygen atoms in total. The molecule has 0 aromatic carbocycles. The highest BCUT2D eigenvalue weighted by Gasteiger charge is 2.43. The van der Waals surface area contributed by atoms with Crippen LogP contribution < -0.4 is 5.73 Å². The predicted molar refractivity (Wildman–Crippen MR) is 41.7 cm³/mol. The second-order valence-corrected chi connectivity index (χ2v) is 3.69. The molecule has 0 amide bonds. The van der Waals surface area contributed by atoms with E-state index in [-0.39, 0.29) is 0 Å². The van der Waals surface area contributed by atoms with Crippen LogP contribution in [0.2, 0.25) is 0 Å². The molecule has 58 valence electrons. The first kappa shape index (κ1) is 6.62. The van der Waals surface area contributed by atoms with Gasteiger partial charge < -0.3 is 10.6 Å². The molecule has 0 spiro atoms. The number of hydrogen-bond acceptors (Lipinski definition) is 2. The summed E-state index contributed by atoms with van der Waals surface area (Å²) in [4.78, 5) is 2.52. The Morgan fingerprint density at radius 1 is 1.40 bits per heavy atom. The fraction of sp³-hybridized carbons (Fsp3) is 1.00. The number of hydrogen-bond donors (Lipinski definition) is 1. The van der Waals surface area contributed by atoms with Crippen molar-refractivity contribution < 1.29 is 0 Å². The highest BCUT2D eigenvalue weighted by atomic mass is 15.2. The highest BCUT2D eigenvalue weighted by Crippen LogP contribution is 2.38. The van der Waals surface area contributed by atoms with Gasteiger partial charge in [-0.2, -0.15) is 0 Å². The molecule has 1 saturated carbocycles. The Balaban J connectivity index is 1.93. The lowest BCUT2D eigenvalue weighted by atomic mass is 9.67. The molecule has 3 aliphatic rings. The first-order valence-electron chi connectivity index (χ1n) is 4.29. The predicted octanol–water partition coefficient (Wildman–Crippen LogP) is 0.285. The van der Waals surface area contributed by atoms with E-state index in [4.69, 9.17) is 5.73 Å². The number of piperidine rings is 2. The van der Waals surface area contributed by atoms with Crippen LogP contribution in [0.3, 0.4) is 0 Å². The van der Waals surface area contributed by atoms with E-state index in [2.05, 4.69) is 11.8 Å². The SMILES string of the molecule is CCN1C[C@H]2C[C@@H](C1)C2N. The van der Waals surface area contributed by atoms with Gasteiger partial charge in [-0.3, -0.25) is 0 Å². The fourth-order valence-corrected chi connectivity index (χ4v) is 2.28. The lowest BCUT2D eigenvalue weighted by Crippen LogP contribution is -2.61. The number of rotatable bonds is 1. The minimum Gasteiger partial charge on any atom is -0.327 e. The molecule has 0 aromatic heterocycles. The molecule has 3 fully saturated rings. The fourth-order valence-electron chi connectivity index (χ4n) is 2.28. The standard InChI is InChI=1S/C8H16N2/c1-2-10-4-6-3-7(5-10)8(6)9/h6-8H,2-5,9H2,1H3/t6-,7+,8?. The average molecular weight is 140 g/mol. The zero-order chi connectivity index (χ0) is 7.14. The maximum Gasteiger partial charge on any atom is 0.0120 e. The quantitative estimate of drug-likeness (QED) is 0.567. The van der Waals surface area contributed by atoms with E-state index in [1.165, 1.54) is 26.1 Å². The van der Waals surface area contributed by atoms with Crippen LogP contribution in [0.15, 0.2) is 0 Å². The Hall–Kier alpha value is -0.0800. The number of fused-ring (bicyclic) bond motifs is 2. The summed E-state index contributed by atoms with van der Waals surface area (Å²) < 4.78 is 0. The van der Waals surface area contributed by atoms with Gasteiger partial charge in [-0.25, -0.2) is 0 Å². The van der Waals surface area contributed by atoms with Crippen molar-refractivity contribution >= 4 is 0 Å². The third kappa shape index (κ3) is 0.789. The molecule has 0 aromatic rings. The van der Waals surface area contributed by atoms with Gasteiger partial charge in [0.1, 0.15) is 0 Å². The number of nitrogens with two attached hydrogens (primary N) is 1. The Morgan fingerprint density at radius 3 is 2.40 bits per heavy atom. The molecule has 3 atom stereocenters. The van der Waals surface area contributed by atoms with Crippen LogP contribution >= 0.6 is 0 Å². The van der Waals surface area contributed by atoms with Gasteiger partial charge in [-0.05, 0) is 24.8 Å². The molecular weight excluding hydrogens is 124 g/mol. The van der Waals surface area contributed by atoms with Crippen LogP contribution in [0, 0.1) is 11.8 Å². The highest BCUT2D eigenvalue weighted by molar-refractivity contribution is 4.99. The van der Waals surface area contributed by atoms with E-state index >= 15 is 0 Å². The van der Waals surface area contributed by atoms with Crippen LogP contribution in [-0.4, -0.2) is 30.6 Å². The summed E-state index contributed by atoms with van der Waals surface area (Å²) >= 11 is 0. The summed E-state index contributed by atoms with van der Waals surface area (Å²) in [5, 5.41) is 0. The summed E-state index contributed by atoms with van der Waals surface area (Å²) in [7, 11) is 0. The third-order valence-electron chi connectivity index (χ3n) is 3.13. The maximum atomic E-state index is 5.92. The van der Waals surface area contributed by atoms with Gasteiger partial charge in [0.05, 0.1) is 0 Å². The normalized spacial score (nSPS) is 46.8. The molecule has 2 aliphatic heterocycles. The molecule has 1 unspecified atom stereocenters. The summed E-state index contributed by atoms with van der Waals surface area (Å²) in [6, 6.07) is 0.544. The van der Waals surface area contributed by atoms with Crippen molar-refractivity contribution in [1.82, 2.24) is 4.90 Å². The van der Waals surface area contributed by atoms with E-state index in [0.717, 1.165) is 11.8 Å². The summed E-state index contributed by atoms with van der Waals surface area (Å²) in [6.07, 6.45) is 1.40. The summed E-state index contributed by atoms with van der Waals surface area (Å²) in [6.45, 7) is 5.96. The van der Waals surface area contributed by atoms with E-state index in [0.29, 0.717) is 6.04 Å². The molecule has 10 heavy (non-hydrogen) atoms. The van der Waals surface area contributed by atoms with Gasteiger partial charge in [-0.15, -0.1) is 0 Å². The maximum absolute atomic E-state index is 5.92. The van der Waals surface area contributed by atoms with Crippen molar-refractivity contribution in [1.29, 1.82) is 0 Å². The Bertz CT molecular complexity index is 123. The smallest absolute Gasteiger partial charge is 0.0120 e. The molecule has 2 N–H and O–H groups in total. The second-order valence-electron chi connectivity index (χ2n) is 3.69. The van der Waals surface area contributed by atoms with Crippen molar-refractivity contribution in [2.75, 3.05) is 19.6 Å². The van der Waals surface area contributed by atoms with Crippen molar-refractivity contribution in [2.24, 2.45) is 17.6 Å². The van der Waals surface area contributed by atoms with Crippen LogP contribution in [0.5, 0.6) is 0 Å². The van der Waals surface area contributed by atoms with Gasteiger partial charge in [-0.1, -0.05) is 6.92 Å². The van der Waals surface area contributed by atoms with Gasteiger partial charge in [0, 0.05) is 19.1 Å². The minimum atomic E-state index is 0.544. The monoisotopic (exact) mass is 140 g/mol. The van der Waals surface area contributed by atoms with E-state index in [9.17, 15) is 0 Å². The van der Waals surface area contributed by atoms with Gasteiger partial charge in [0.25, 0.3) is 0 Å². The largest absolute Gasteiger partial charge is 0.327 e. The minimum absolute atomic E-state index is 0.544. The Kier molecular flexibility index (Phi) is 1.46. The lowest BCUT2D eigenvalue weighted by Gasteiger charge is -2.52. The molecule has 2 heterocycles. The van der Waals surface area contributed by atoms with Gasteiger partial charge in [0.15, 0.2) is 0 Å². The van der Waals surface area contributed by atoms with Crippen molar-refractivity contribution in [2.45, 2.75) is 19.4 Å². The first-order valence-corrected chi connectivity index (χ1v) is 4.29. The molecule has 2 heteroatoms. The van der Waals surface area contributed by atoms with E-state index in [1.54, 1.807) is 0 Å². The Labute approximate surface area is 62.4 Å². The molecule has 3 rings (SSSR count). The molecule has 2 saturated heterocycles. The Morgan fingerprint density at radius 2 is 2.00 bits per heavy atom. The molecule has 1 aliphatic carbocycles. The van der Waals surface area contributed by atoms with Gasteiger partial charge >= 0.3 is 0 Å². The molecule has 0 radical (unpaired) electrons. The zero-order valence-corrected chi connectivity index (χ0v) is 6.59. The van der Waals surface area contributed by atoms with Gasteiger partial charge in [0.2, 0.25) is 0 Å². The van der Waals surface area contributed by atoms with E-state index < -0.39 is 0 Å². The molecule has 2 bridgehead atoms. The topological polar surface area (TPSA) is 29.3 Å².